The van der Waals surface area contributed by atoms with Gasteiger partial charge in [-0.3, -0.25) is 4.90 Å². The van der Waals surface area contributed by atoms with Crippen LogP contribution in [-0.2, 0) is 4.74 Å². The first-order valence-corrected chi connectivity index (χ1v) is 6.21. The van der Waals surface area contributed by atoms with Gasteiger partial charge in [0.25, 0.3) is 0 Å². The van der Waals surface area contributed by atoms with Gasteiger partial charge < -0.3 is 10.5 Å². The van der Waals surface area contributed by atoms with E-state index in [1.165, 1.54) is 6.42 Å². The molecule has 0 aromatic heterocycles. The maximum absolute atomic E-state index is 5.99. The molecule has 0 bridgehead atoms. The van der Waals surface area contributed by atoms with Gasteiger partial charge in [-0.05, 0) is 39.3 Å². The number of hydrogen-bond acceptors (Lipinski definition) is 3. The smallest absolute Gasteiger partial charge is 0.0590 e. The van der Waals surface area contributed by atoms with Crippen molar-refractivity contribution in [2.45, 2.75) is 51.2 Å². The van der Waals surface area contributed by atoms with Crippen molar-refractivity contribution in [3.8, 4) is 0 Å². The predicted octanol–water partition coefficient (Wildman–Crippen LogP) is 1.61. The molecular weight excluding hydrogens is 188 g/mol. The summed E-state index contributed by atoms with van der Waals surface area (Å²) in [5, 5.41) is 0. The monoisotopic (exact) mass is 214 g/mol. The van der Waals surface area contributed by atoms with E-state index in [1.54, 1.807) is 0 Å². The first-order valence-electron chi connectivity index (χ1n) is 6.21. The molecule has 1 aliphatic rings. The van der Waals surface area contributed by atoms with Crippen LogP contribution in [0, 0.1) is 0 Å². The van der Waals surface area contributed by atoms with Gasteiger partial charge in [-0.15, -0.1) is 0 Å². The Kier molecular flexibility index (Phi) is 5.03. The van der Waals surface area contributed by atoms with Crippen LogP contribution in [0.1, 0.15) is 39.5 Å². The van der Waals surface area contributed by atoms with Crippen molar-refractivity contribution in [2.24, 2.45) is 5.73 Å². The molecule has 0 amide bonds. The quantitative estimate of drug-likeness (QED) is 0.755. The van der Waals surface area contributed by atoms with Crippen molar-refractivity contribution in [3.05, 3.63) is 0 Å². The summed E-state index contributed by atoms with van der Waals surface area (Å²) in [4.78, 5) is 2.44. The lowest BCUT2D eigenvalue weighted by Crippen LogP contribution is -2.57. The fourth-order valence-electron chi connectivity index (χ4n) is 2.52. The zero-order valence-corrected chi connectivity index (χ0v) is 10.5. The molecule has 1 rings (SSSR count). The molecule has 1 fully saturated rings. The summed E-state index contributed by atoms with van der Waals surface area (Å²) in [5.41, 5.74) is 6.18. The average Bonchev–Trinajstić information content (AvgIpc) is 2.29. The highest BCUT2D eigenvalue weighted by atomic mass is 16.5. The second-order valence-electron chi connectivity index (χ2n) is 4.71. The van der Waals surface area contributed by atoms with Crippen molar-refractivity contribution in [2.75, 3.05) is 26.7 Å². The number of ether oxygens (including phenoxy) is 1. The lowest BCUT2D eigenvalue weighted by Gasteiger charge is -2.46. The average molecular weight is 214 g/mol. The molecule has 0 aliphatic carbocycles. The van der Waals surface area contributed by atoms with Gasteiger partial charge in [0.1, 0.15) is 0 Å². The molecule has 0 saturated carbocycles. The van der Waals surface area contributed by atoms with E-state index in [0.717, 1.165) is 39.0 Å². The summed E-state index contributed by atoms with van der Waals surface area (Å²) in [5.74, 6) is 0. The Morgan fingerprint density at radius 1 is 1.47 bits per heavy atom. The van der Waals surface area contributed by atoms with Gasteiger partial charge in [0.15, 0.2) is 0 Å². The Bertz CT molecular complexity index is 186. The van der Waals surface area contributed by atoms with Crippen LogP contribution in [0.15, 0.2) is 0 Å². The fraction of sp³-hybridized carbons (Fsp3) is 1.00. The van der Waals surface area contributed by atoms with Crippen LogP contribution in [0.3, 0.4) is 0 Å². The second kappa shape index (κ2) is 5.83. The van der Waals surface area contributed by atoms with Crippen molar-refractivity contribution in [1.29, 1.82) is 0 Å². The fourth-order valence-corrected chi connectivity index (χ4v) is 2.52. The van der Waals surface area contributed by atoms with E-state index in [-0.39, 0.29) is 5.54 Å². The maximum atomic E-state index is 5.99. The normalized spacial score (nSPS) is 32.2. The molecule has 1 aliphatic heterocycles. The molecule has 0 aromatic carbocycles. The van der Waals surface area contributed by atoms with Crippen LogP contribution in [0.25, 0.3) is 0 Å². The molecule has 0 radical (unpaired) electrons. The number of hydrogen-bond donors (Lipinski definition) is 1. The minimum Gasteiger partial charge on any atom is -0.378 e. The van der Waals surface area contributed by atoms with Gasteiger partial charge in [-0.25, -0.2) is 0 Å². The molecule has 15 heavy (non-hydrogen) atoms. The van der Waals surface area contributed by atoms with Crippen LogP contribution in [0.5, 0.6) is 0 Å². The number of rotatable bonds is 5. The molecule has 0 spiro atoms. The van der Waals surface area contributed by atoms with Crippen LogP contribution < -0.4 is 5.73 Å². The molecular formula is C12H26N2O. The zero-order valence-electron chi connectivity index (χ0n) is 10.5. The summed E-state index contributed by atoms with van der Waals surface area (Å²) in [6.07, 6.45) is 4.87. The van der Waals surface area contributed by atoms with E-state index in [0.29, 0.717) is 6.10 Å². The van der Waals surface area contributed by atoms with Crippen LogP contribution in [0.2, 0.25) is 0 Å². The van der Waals surface area contributed by atoms with Gasteiger partial charge in [0.2, 0.25) is 0 Å². The summed E-state index contributed by atoms with van der Waals surface area (Å²) < 4.78 is 5.73. The van der Waals surface area contributed by atoms with Gasteiger partial charge in [-0.2, -0.15) is 0 Å². The second-order valence-corrected chi connectivity index (χ2v) is 4.71. The molecule has 3 nitrogen and oxygen atoms in total. The highest BCUT2D eigenvalue weighted by molar-refractivity contribution is 4.94. The van der Waals surface area contributed by atoms with Crippen molar-refractivity contribution in [1.82, 2.24) is 4.90 Å². The molecule has 2 N–H and O–H groups in total. The first-order chi connectivity index (χ1) is 7.18. The Hall–Kier alpha value is -0.120. The summed E-state index contributed by atoms with van der Waals surface area (Å²) >= 11 is 0. The maximum Gasteiger partial charge on any atom is 0.0590 e. The standard InChI is InChI=1S/C12H26N2O/c1-4-7-14(3)12(10-13)6-8-15-11(5-2)9-12/h11H,4-10,13H2,1-3H3. The van der Waals surface area contributed by atoms with Crippen molar-refractivity contribution in [3.63, 3.8) is 0 Å². The van der Waals surface area contributed by atoms with Crippen molar-refractivity contribution < 1.29 is 4.74 Å². The third-order valence-corrected chi connectivity index (χ3v) is 3.73. The highest BCUT2D eigenvalue weighted by Crippen LogP contribution is 2.30. The van der Waals surface area contributed by atoms with Gasteiger partial charge >= 0.3 is 0 Å². The minimum atomic E-state index is 0.189. The lowest BCUT2D eigenvalue weighted by atomic mass is 9.84. The van der Waals surface area contributed by atoms with E-state index in [4.69, 9.17) is 10.5 Å². The molecule has 1 saturated heterocycles. The van der Waals surface area contributed by atoms with E-state index in [9.17, 15) is 0 Å². The van der Waals surface area contributed by atoms with Crippen LogP contribution >= 0.6 is 0 Å². The first kappa shape index (κ1) is 12.9. The lowest BCUT2D eigenvalue weighted by molar-refractivity contribution is -0.0647. The molecule has 0 aromatic rings. The molecule has 3 heteroatoms. The summed E-state index contributed by atoms with van der Waals surface area (Å²) in [7, 11) is 2.20. The number of likely N-dealkylation sites (N-methyl/N-ethyl adjacent to an activating group) is 1. The largest absolute Gasteiger partial charge is 0.378 e. The Balaban J connectivity index is 2.65. The Morgan fingerprint density at radius 3 is 2.73 bits per heavy atom. The SMILES string of the molecule is CCCN(C)C1(CN)CCOC(CC)C1. The molecule has 1 heterocycles. The van der Waals surface area contributed by atoms with Gasteiger partial charge in [0, 0.05) is 18.7 Å². The van der Waals surface area contributed by atoms with E-state index < -0.39 is 0 Å². The molecule has 2 unspecified atom stereocenters. The Labute approximate surface area is 94.0 Å². The number of nitrogens with zero attached hydrogens (tertiary/aromatic N) is 1. The summed E-state index contributed by atoms with van der Waals surface area (Å²) in [6, 6.07) is 0. The highest BCUT2D eigenvalue weighted by Gasteiger charge is 2.38. The predicted molar refractivity (Wildman–Crippen MR) is 64.0 cm³/mol. The van der Waals surface area contributed by atoms with E-state index in [2.05, 4.69) is 25.8 Å². The summed E-state index contributed by atoms with van der Waals surface area (Å²) in [6.45, 7) is 7.16. The Morgan fingerprint density at radius 2 is 2.20 bits per heavy atom. The van der Waals surface area contributed by atoms with E-state index >= 15 is 0 Å². The number of nitrogens with two attached hydrogens (primary N) is 1. The molecule has 90 valence electrons. The van der Waals surface area contributed by atoms with E-state index in [1.807, 2.05) is 0 Å². The third kappa shape index (κ3) is 2.92. The van der Waals surface area contributed by atoms with Crippen LogP contribution in [0.4, 0.5) is 0 Å². The third-order valence-electron chi connectivity index (χ3n) is 3.73. The molecule has 2 atom stereocenters. The minimum absolute atomic E-state index is 0.189. The van der Waals surface area contributed by atoms with Crippen molar-refractivity contribution >= 4 is 0 Å². The van der Waals surface area contributed by atoms with Gasteiger partial charge in [0.05, 0.1) is 6.10 Å². The topological polar surface area (TPSA) is 38.5 Å². The zero-order chi connectivity index (χ0) is 11.3. The van der Waals surface area contributed by atoms with Crippen LogP contribution in [-0.4, -0.2) is 43.3 Å². The van der Waals surface area contributed by atoms with Gasteiger partial charge in [-0.1, -0.05) is 13.8 Å².